The summed E-state index contributed by atoms with van der Waals surface area (Å²) in [6, 6.07) is 6.76. The highest BCUT2D eigenvalue weighted by molar-refractivity contribution is 5.58. The van der Waals surface area contributed by atoms with Gasteiger partial charge >= 0.3 is 0 Å². The molecule has 5 rings (SSSR count). The quantitative estimate of drug-likeness (QED) is 0.492. The first-order valence-electron chi connectivity index (χ1n) is 13.0. The van der Waals surface area contributed by atoms with Crippen molar-refractivity contribution in [3.63, 3.8) is 0 Å². The van der Waals surface area contributed by atoms with Crippen LogP contribution in [0.1, 0.15) is 84.1 Å². The van der Waals surface area contributed by atoms with Crippen LogP contribution in [-0.2, 0) is 0 Å². The summed E-state index contributed by atoms with van der Waals surface area (Å²) in [4.78, 5) is 0. The van der Waals surface area contributed by atoms with E-state index in [1.807, 2.05) is 6.07 Å². The molecule has 1 aromatic carbocycles. The molecule has 0 amide bonds. The Hall–Kier alpha value is -1.22. The van der Waals surface area contributed by atoms with Crippen LogP contribution in [0, 0.1) is 47.8 Å². The molecule has 0 saturated heterocycles. The molecule has 0 heterocycles. The van der Waals surface area contributed by atoms with Crippen molar-refractivity contribution in [3.05, 3.63) is 23.8 Å². The van der Waals surface area contributed by atoms with Crippen LogP contribution in [0.15, 0.2) is 18.2 Å². The van der Waals surface area contributed by atoms with Crippen molar-refractivity contribution in [2.45, 2.75) is 97.1 Å². The van der Waals surface area contributed by atoms with E-state index in [0.717, 1.165) is 54.0 Å². The summed E-state index contributed by atoms with van der Waals surface area (Å²) in [6.45, 7) is 9.29. The molecule has 0 spiro atoms. The van der Waals surface area contributed by atoms with Crippen LogP contribution >= 0.6 is 0 Å². The van der Waals surface area contributed by atoms with Crippen molar-refractivity contribution in [2.75, 3.05) is 11.1 Å². The maximum atomic E-state index is 10.6. The van der Waals surface area contributed by atoms with Crippen molar-refractivity contribution in [3.8, 4) is 0 Å². The fourth-order valence-corrected chi connectivity index (χ4v) is 9.14. The Morgan fingerprint density at radius 3 is 2.55 bits per heavy atom. The number of hydrogen-bond donors (Lipinski definition) is 3. The molecule has 0 aromatic heterocycles. The van der Waals surface area contributed by atoms with Crippen molar-refractivity contribution >= 4 is 11.4 Å². The number of rotatable bonds is 3. The van der Waals surface area contributed by atoms with Crippen molar-refractivity contribution in [1.29, 1.82) is 0 Å². The lowest BCUT2D eigenvalue weighted by molar-refractivity contribution is -0.100. The van der Waals surface area contributed by atoms with Crippen LogP contribution in [0.25, 0.3) is 0 Å². The van der Waals surface area contributed by atoms with E-state index in [9.17, 15) is 5.11 Å². The van der Waals surface area contributed by atoms with E-state index in [-0.39, 0.29) is 0 Å². The van der Waals surface area contributed by atoms with Gasteiger partial charge in [0, 0.05) is 17.4 Å². The second-order valence-corrected chi connectivity index (χ2v) is 12.4. The van der Waals surface area contributed by atoms with Gasteiger partial charge in [-0.15, -0.1) is 0 Å². The van der Waals surface area contributed by atoms with E-state index < -0.39 is 5.60 Å². The zero-order valence-corrected chi connectivity index (χ0v) is 20.2. The monoisotopic (exact) mass is 424 g/mol. The first-order valence-corrected chi connectivity index (χ1v) is 13.0. The zero-order chi connectivity index (χ0) is 22.0. The number of benzene rings is 1. The molecule has 4 saturated carbocycles. The predicted molar refractivity (Wildman–Crippen MR) is 130 cm³/mol. The van der Waals surface area contributed by atoms with Gasteiger partial charge in [0.1, 0.15) is 0 Å². The molecule has 3 nitrogen and oxygen atoms in total. The Kier molecular flexibility index (Phi) is 5.35. The van der Waals surface area contributed by atoms with Gasteiger partial charge < -0.3 is 16.2 Å². The first-order chi connectivity index (χ1) is 14.7. The largest absolute Gasteiger partial charge is 0.399 e. The first kappa shape index (κ1) is 21.6. The van der Waals surface area contributed by atoms with Gasteiger partial charge in [-0.2, -0.15) is 0 Å². The van der Waals surface area contributed by atoms with E-state index in [1.54, 1.807) is 0 Å². The Labute approximate surface area is 189 Å². The summed E-state index contributed by atoms with van der Waals surface area (Å²) in [7, 11) is 0. The maximum Gasteiger partial charge on any atom is 0.0622 e. The molecular formula is C28H44N2O. The van der Waals surface area contributed by atoms with E-state index in [1.165, 1.54) is 56.2 Å². The van der Waals surface area contributed by atoms with Crippen LogP contribution in [-0.4, -0.2) is 16.7 Å². The average Bonchev–Trinajstić information content (AvgIpc) is 3.06. The van der Waals surface area contributed by atoms with E-state index in [0.29, 0.717) is 11.5 Å². The number of nitrogens with one attached hydrogen (secondary N) is 1. The minimum Gasteiger partial charge on any atom is -0.399 e. The third kappa shape index (κ3) is 3.69. The van der Waals surface area contributed by atoms with Gasteiger partial charge in [0.05, 0.1) is 5.60 Å². The van der Waals surface area contributed by atoms with Crippen molar-refractivity contribution < 1.29 is 5.11 Å². The molecule has 0 radical (unpaired) electrons. The SMILES string of the molecule is Cc1cc(N)ccc1N[C@@H](C)[C@H]1CC[C@H]2[C@@H]3CC[C@@H]4C[C@](C)(O)CC[C@@H]4[C@H]3CC[C@]12C. The smallest absolute Gasteiger partial charge is 0.0622 e. The number of aryl methyl sites for hydroxylation is 1. The van der Waals surface area contributed by atoms with Crippen LogP contribution in [0.2, 0.25) is 0 Å². The summed E-state index contributed by atoms with van der Waals surface area (Å²) in [5.41, 5.74) is 9.39. The normalized spacial score (nSPS) is 45.3. The zero-order valence-electron chi connectivity index (χ0n) is 20.2. The number of aliphatic hydroxyl groups is 1. The highest BCUT2D eigenvalue weighted by Gasteiger charge is 2.58. The Morgan fingerprint density at radius 1 is 1.00 bits per heavy atom. The molecule has 4 aliphatic carbocycles. The van der Waals surface area contributed by atoms with Gasteiger partial charge in [0.25, 0.3) is 0 Å². The van der Waals surface area contributed by atoms with Crippen LogP contribution < -0.4 is 11.1 Å². The summed E-state index contributed by atoms with van der Waals surface area (Å²) in [5.74, 6) is 5.17. The lowest BCUT2D eigenvalue weighted by Crippen LogP contribution is -2.51. The van der Waals surface area contributed by atoms with E-state index in [2.05, 4.69) is 45.1 Å². The molecule has 1 aromatic rings. The van der Waals surface area contributed by atoms with Crippen LogP contribution in [0.5, 0.6) is 0 Å². The summed E-state index contributed by atoms with van der Waals surface area (Å²) >= 11 is 0. The fourth-order valence-electron chi connectivity index (χ4n) is 9.14. The molecule has 0 bridgehead atoms. The van der Waals surface area contributed by atoms with Crippen molar-refractivity contribution in [2.24, 2.45) is 40.9 Å². The lowest BCUT2D eigenvalue weighted by Gasteiger charge is -2.57. The molecule has 9 atom stereocenters. The molecule has 4 N–H and O–H groups in total. The molecule has 172 valence electrons. The summed E-state index contributed by atoms with van der Waals surface area (Å²) < 4.78 is 0. The Balaban J connectivity index is 1.31. The highest BCUT2D eigenvalue weighted by atomic mass is 16.3. The van der Waals surface area contributed by atoms with Gasteiger partial charge in [-0.1, -0.05) is 6.92 Å². The molecule has 4 fully saturated rings. The topological polar surface area (TPSA) is 58.3 Å². The number of anilines is 2. The highest BCUT2D eigenvalue weighted by Crippen LogP contribution is 2.65. The molecular weight excluding hydrogens is 380 g/mol. The molecule has 4 aliphatic rings. The molecule has 31 heavy (non-hydrogen) atoms. The number of nitrogens with two attached hydrogens (primary N) is 1. The van der Waals surface area contributed by atoms with Gasteiger partial charge in [-0.3, -0.25) is 0 Å². The minimum absolute atomic E-state index is 0.406. The van der Waals surface area contributed by atoms with Crippen LogP contribution in [0.4, 0.5) is 11.4 Å². The molecule has 0 unspecified atom stereocenters. The van der Waals surface area contributed by atoms with Crippen molar-refractivity contribution in [1.82, 2.24) is 0 Å². The second-order valence-electron chi connectivity index (χ2n) is 12.4. The Morgan fingerprint density at radius 2 is 1.77 bits per heavy atom. The predicted octanol–water partition coefficient (Wildman–Crippen LogP) is 6.40. The van der Waals surface area contributed by atoms with Gasteiger partial charge in [-0.05, 0) is 143 Å². The summed E-state index contributed by atoms with van der Waals surface area (Å²) in [5, 5.41) is 14.5. The third-order valence-electron chi connectivity index (χ3n) is 10.5. The molecule has 3 heteroatoms. The van der Waals surface area contributed by atoms with E-state index in [4.69, 9.17) is 5.73 Å². The minimum atomic E-state index is -0.406. The number of nitrogen functional groups attached to an aromatic ring is 1. The molecule has 0 aliphatic heterocycles. The maximum absolute atomic E-state index is 10.6. The van der Waals surface area contributed by atoms with Crippen LogP contribution in [0.3, 0.4) is 0 Å². The third-order valence-corrected chi connectivity index (χ3v) is 10.5. The standard InChI is InChI=1S/C28H44N2O/c1-17-15-20(29)6-10-26(17)30-18(2)24-8-9-25-23-7-5-19-16-27(3,31)13-11-21(19)22(23)12-14-28(24,25)4/h6,10,15,18-19,21-25,30-31H,5,7-9,11-14,16,29H2,1-4H3/t18-,19+,21-,22+,23+,24+,25-,27+,28+/m0/s1. The Bertz CT molecular complexity index is 819. The number of fused-ring (bicyclic) bond motifs is 5. The average molecular weight is 425 g/mol. The number of hydrogen-bond acceptors (Lipinski definition) is 3. The van der Waals surface area contributed by atoms with Gasteiger partial charge in [-0.25, -0.2) is 0 Å². The second kappa shape index (κ2) is 7.68. The van der Waals surface area contributed by atoms with Gasteiger partial charge in [0.2, 0.25) is 0 Å². The van der Waals surface area contributed by atoms with E-state index >= 15 is 0 Å². The van der Waals surface area contributed by atoms with Gasteiger partial charge in [0.15, 0.2) is 0 Å². The summed E-state index contributed by atoms with van der Waals surface area (Å²) in [6.07, 6.45) is 11.7. The fraction of sp³-hybridized carbons (Fsp3) is 0.786. The lowest BCUT2D eigenvalue weighted by atomic mass is 9.49.